The second kappa shape index (κ2) is 5.88. The Labute approximate surface area is 121 Å². The van der Waals surface area contributed by atoms with Crippen LogP contribution in [0, 0.1) is 0 Å². The Morgan fingerprint density at radius 3 is 2.95 bits per heavy atom. The van der Waals surface area contributed by atoms with E-state index in [0.717, 1.165) is 26.1 Å². The van der Waals surface area contributed by atoms with Gasteiger partial charge in [-0.25, -0.2) is 9.78 Å². The van der Waals surface area contributed by atoms with Crippen LogP contribution in [-0.4, -0.2) is 53.7 Å². The van der Waals surface area contributed by atoms with E-state index >= 15 is 0 Å². The highest BCUT2D eigenvalue weighted by Gasteiger charge is 2.25. The molecule has 104 valence electrons. The predicted molar refractivity (Wildman–Crippen MR) is 77.8 cm³/mol. The van der Waals surface area contributed by atoms with Crippen molar-refractivity contribution in [3.8, 4) is 0 Å². The number of aromatic carboxylic acids is 1. The Morgan fingerprint density at radius 2 is 2.26 bits per heavy atom. The van der Waals surface area contributed by atoms with Crippen LogP contribution in [0.5, 0.6) is 0 Å². The zero-order chi connectivity index (χ0) is 14.0. The molecule has 0 radical (unpaired) electrons. The quantitative estimate of drug-likeness (QED) is 0.901. The van der Waals surface area contributed by atoms with Crippen LogP contribution in [0.4, 0.5) is 5.82 Å². The first-order valence-electron chi connectivity index (χ1n) is 6.33. The van der Waals surface area contributed by atoms with E-state index < -0.39 is 5.97 Å². The number of nitrogens with zero attached hydrogens (tertiary/aromatic N) is 3. The van der Waals surface area contributed by atoms with Crippen LogP contribution in [0.25, 0.3) is 0 Å². The molecule has 1 saturated heterocycles. The monoisotopic (exact) mass is 327 g/mol. The number of likely N-dealkylation sites (N-methyl/N-ethyl adjacent to an activating group) is 1. The van der Waals surface area contributed by atoms with Crippen LogP contribution in [-0.2, 0) is 0 Å². The summed E-state index contributed by atoms with van der Waals surface area (Å²) in [5, 5.41) is 9.33. The fourth-order valence-corrected chi connectivity index (χ4v) is 2.84. The number of anilines is 1. The zero-order valence-electron chi connectivity index (χ0n) is 11.1. The first-order chi connectivity index (χ1) is 8.99. The third-order valence-electron chi connectivity index (χ3n) is 3.38. The minimum absolute atomic E-state index is 0.249. The second-order valence-electron chi connectivity index (χ2n) is 4.99. The average molecular weight is 328 g/mol. The third kappa shape index (κ3) is 3.25. The molecule has 1 unspecified atom stereocenters. The maximum absolute atomic E-state index is 11.4. The van der Waals surface area contributed by atoms with E-state index in [1.165, 1.54) is 0 Å². The summed E-state index contributed by atoms with van der Waals surface area (Å²) in [6.07, 6.45) is 2.67. The number of rotatable bonds is 2. The van der Waals surface area contributed by atoms with Crippen LogP contribution < -0.4 is 4.90 Å². The number of carboxylic acids is 1. The predicted octanol–water partition coefficient (Wildman–Crippen LogP) is 2.07. The van der Waals surface area contributed by atoms with Crippen molar-refractivity contribution in [1.82, 2.24) is 9.88 Å². The molecule has 1 atom stereocenters. The molecule has 1 fully saturated rings. The molecule has 1 N–H and O–H groups in total. The van der Waals surface area contributed by atoms with E-state index in [1.807, 2.05) is 0 Å². The van der Waals surface area contributed by atoms with E-state index in [-0.39, 0.29) is 11.6 Å². The van der Waals surface area contributed by atoms with Gasteiger partial charge in [0, 0.05) is 29.8 Å². The number of hydrogen-bond donors (Lipinski definition) is 1. The van der Waals surface area contributed by atoms with E-state index in [4.69, 9.17) is 0 Å². The van der Waals surface area contributed by atoms with Crippen molar-refractivity contribution >= 4 is 27.7 Å². The molecule has 0 spiro atoms. The summed E-state index contributed by atoms with van der Waals surface area (Å²) in [5.41, 5.74) is 0.255. The van der Waals surface area contributed by atoms with Gasteiger partial charge >= 0.3 is 5.97 Å². The summed E-state index contributed by atoms with van der Waals surface area (Å²) in [6.45, 7) is 4.88. The lowest BCUT2D eigenvalue weighted by Crippen LogP contribution is -2.39. The molecule has 6 heteroatoms. The lowest BCUT2D eigenvalue weighted by Gasteiger charge is -2.30. The van der Waals surface area contributed by atoms with Gasteiger partial charge in [0.25, 0.3) is 0 Å². The summed E-state index contributed by atoms with van der Waals surface area (Å²) in [7, 11) is 2.09. The van der Waals surface area contributed by atoms with Crippen LogP contribution in [0.15, 0.2) is 16.7 Å². The SMILES string of the molecule is CC1CN(C)CCCN1c1ncc(Br)cc1C(=O)O. The van der Waals surface area contributed by atoms with E-state index in [0.29, 0.717) is 10.3 Å². The first-order valence-corrected chi connectivity index (χ1v) is 7.12. The molecule has 1 aliphatic rings. The van der Waals surface area contributed by atoms with Crippen LogP contribution in [0.2, 0.25) is 0 Å². The number of aromatic nitrogens is 1. The largest absolute Gasteiger partial charge is 0.478 e. The van der Waals surface area contributed by atoms with Gasteiger partial charge in [-0.2, -0.15) is 0 Å². The van der Waals surface area contributed by atoms with E-state index in [2.05, 4.69) is 44.7 Å². The minimum Gasteiger partial charge on any atom is -0.478 e. The van der Waals surface area contributed by atoms with Crippen molar-refractivity contribution in [2.24, 2.45) is 0 Å². The van der Waals surface area contributed by atoms with Gasteiger partial charge in [0.05, 0.1) is 0 Å². The van der Waals surface area contributed by atoms with Gasteiger partial charge in [-0.05, 0) is 48.9 Å². The highest BCUT2D eigenvalue weighted by Crippen LogP contribution is 2.25. The van der Waals surface area contributed by atoms with Crippen molar-refractivity contribution < 1.29 is 9.90 Å². The Balaban J connectivity index is 2.37. The van der Waals surface area contributed by atoms with E-state index in [9.17, 15) is 9.90 Å². The van der Waals surface area contributed by atoms with E-state index in [1.54, 1.807) is 12.3 Å². The van der Waals surface area contributed by atoms with Crippen LogP contribution >= 0.6 is 15.9 Å². The Morgan fingerprint density at radius 1 is 1.53 bits per heavy atom. The Hall–Kier alpha value is -1.14. The fourth-order valence-electron chi connectivity index (χ4n) is 2.51. The Bertz CT molecular complexity index is 481. The molecular formula is C13H18BrN3O2. The van der Waals surface area contributed by atoms with Gasteiger partial charge in [0.2, 0.25) is 0 Å². The molecule has 1 aromatic heterocycles. The van der Waals surface area contributed by atoms with Crippen molar-refractivity contribution in [1.29, 1.82) is 0 Å². The molecule has 0 amide bonds. The highest BCUT2D eigenvalue weighted by atomic mass is 79.9. The number of carboxylic acid groups (broad SMARTS) is 1. The van der Waals surface area contributed by atoms with Gasteiger partial charge in [0.15, 0.2) is 0 Å². The average Bonchev–Trinajstić information content (AvgIpc) is 2.50. The summed E-state index contributed by atoms with van der Waals surface area (Å²) in [6, 6.07) is 1.87. The summed E-state index contributed by atoms with van der Waals surface area (Å²) in [4.78, 5) is 20.1. The smallest absolute Gasteiger partial charge is 0.339 e. The molecule has 19 heavy (non-hydrogen) atoms. The molecule has 2 rings (SSSR count). The first kappa shape index (κ1) is 14.3. The van der Waals surface area contributed by atoms with Gasteiger partial charge in [-0.3, -0.25) is 0 Å². The minimum atomic E-state index is -0.936. The molecular weight excluding hydrogens is 310 g/mol. The van der Waals surface area contributed by atoms with Crippen molar-refractivity contribution in [3.05, 3.63) is 22.3 Å². The van der Waals surface area contributed by atoms with Gasteiger partial charge in [0.1, 0.15) is 11.4 Å². The van der Waals surface area contributed by atoms with Crippen molar-refractivity contribution in [2.45, 2.75) is 19.4 Å². The molecule has 2 heterocycles. The fraction of sp³-hybridized carbons (Fsp3) is 0.538. The molecule has 1 aliphatic heterocycles. The number of pyridine rings is 1. The van der Waals surface area contributed by atoms with Gasteiger partial charge in [-0.1, -0.05) is 0 Å². The lowest BCUT2D eigenvalue weighted by atomic mass is 10.2. The maximum atomic E-state index is 11.4. The zero-order valence-corrected chi connectivity index (χ0v) is 12.7. The number of carbonyl (C=O) groups is 1. The summed E-state index contributed by atoms with van der Waals surface area (Å²) >= 11 is 3.28. The third-order valence-corrected chi connectivity index (χ3v) is 3.82. The van der Waals surface area contributed by atoms with Crippen LogP contribution in [0.3, 0.4) is 0 Å². The standard InChI is InChI=1S/C13H18BrN3O2/c1-9-8-16(2)4-3-5-17(9)12-11(13(18)19)6-10(14)7-15-12/h6-7,9H,3-5,8H2,1-2H3,(H,18,19). The molecule has 0 saturated carbocycles. The molecule has 5 nitrogen and oxygen atoms in total. The summed E-state index contributed by atoms with van der Waals surface area (Å²) < 4.78 is 0.688. The lowest BCUT2D eigenvalue weighted by molar-refractivity contribution is 0.0697. The Kier molecular flexibility index (Phi) is 4.42. The van der Waals surface area contributed by atoms with Crippen molar-refractivity contribution in [3.63, 3.8) is 0 Å². The topological polar surface area (TPSA) is 56.7 Å². The number of hydrogen-bond acceptors (Lipinski definition) is 4. The normalized spacial score (nSPS) is 21.2. The molecule has 0 bridgehead atoms. The highest BCUT2D eigenvalue weighted by molar-refractivity contribution is 9.10. The summed E-state index contributed by atoms with van der Waals surface area (Å²) in [5.74, 6) is -0.368. The molecule has 0 aromatic carbocycles. The van der Waals surface area contributed by atoms with Crippen LogP contribution in [0.1, 0.15) is 23.7 Å². The molecule has 1 aromatic rings. The molecule has 0 aliphatic carbocycles. The second-order valence-corrected chi connectivity index (χ2v) is 5.90. The maximum Gasteiger partial charge on any atom is 0.339 e. The van der Waals surface area contributed by atoms with Gasteiger partial charge < -0.3 is 14.9 Å². The number of halogens is 1. The van der Waals surface area contributed by atoms with Gasteiger partial charge in [-0.15, -0.1) is 0 Å². The van der Waals surface area contributed by atoms with Crippen molar-refractivity contribution in [2.75, 3.05) is 31.6 Å².